The van der Waals surface area contributed by atoms with Crippen LogP contribution in [0.1, 0.15) is 12.5 Å². The van der Waals surface area contributed by atoms with Gasteiger partial charge in [0.2, 0.25) is 11.8 Å². The van der Waals surface area contributed by atoms with Crippen LogP contribution in [0.4, 0.5) is 5.69 Å². The van der Waals surface area contributed by atoms with Gasteiger partial charge in [-0.3, -0.25) is 14.5 Å². The predicted molar refractivity (Wildman–Crippen MR) is 81.6 cm³/mol. The number of hydrogen-bond donors (Lipinski definition) is 2. The van der Waals surface area contributed by atoms with Gasteiger partial charge in [0.1, 0.15) is 0 Å². The van der Waals surface area contributed by atoms with Crippen LogP contribution in [0.25, 0.3) is 0 Å². The van der Waals surface area contributed by atoms with Crippen LogP contribution < -0.4 is 11.1 Å². The first-order valence-electron chi connectivity index (χ1n) is 7.09. The Kier molecular flexibility index (Phi) is 4.93. The fourth-order valence-corrected chi connectivity index (χ4v) is 2.30. The fraction of sp³-hybridized carbons (Fsp3) is 0.467. The standard InChI is InChI=1S/C15H22N4O2/c1-11(19-7-6-18(2)14(20)10-19)15(21)17-13-5-3-4-12(8-13)9-16/h3-5,8,11H,6-7,9-10,16H2,1-2H3,(H,17,21). The van der Waals surface area contributed by atoms with Gasteiger partial charge in [-0.2, -0.15) is 0 Å². The van der Waals surface area contributed by atoms with Crippen molar-refractivity contribution < 1.29 is 9.59 Å². The molecule has 3 N–H and O–H groups in total. The summed E-state index contributed by atoms with van der Waals surface area (Å²) >= 11 is 0. The van der Waals surface area contributed by atoms with Gasteiger partial charge in [0.05, 0.1) is 12.6 Å². The minimum atomic E-state index is -0.343. The van der Waals surface area contributed by atoms with Crippen molar-refractivity contribution >= 4 is 17.5 Å². The number of rotatable bonds is 4. The maximum Gasteiger partial charge on any atom is 0.241 e. The van der Waals surface area contributed by atoms with Crippen molar-refractivity contribution in [3.8, 4) is 0 Å². The van der Waals surface area contributed by atoms with Gasteiger partial charge in [-0.15, -0.1) is 0 Å². The van der Waals surface area contributed by atoms with Gasteiger partial charge in [0.15, 0.2) is 0 Å². The molecule has 2 rings (SSSR count). The van der Waals surface area contributed by atoms with Crippen molar-refractivity contribution in [3.05, 3.63) is 29.8 Å². The number of nitrogens with zero attached hydrogens (tertiary/aromatic N) is 2. The minimum Gasteiger partial charge on any atom is -0.343 e. The molecule has 0 spiro atoms. The molecular weight excluding hydrogens is 268 g/mol. The molecule has 1 saturated heterocycles. The molecule has 6 heteroatoms. The number of nitrogens with two attached hydrogens (primary N) is 1. The highest BCUT2D eigenvalue weighted by atomic mass is 16.2. The lowest BCUT2D eigenvalue weighted by molar-refractivity contribution is -0.136. The SMILES string of the molecule is CC(C(=O)Nc1cccc(CN)c1)N1CCN(C)C(=O)C1. The Morgan fingerprint density at radius 1 is 1.43 bits per heavy atom. The van der Waals surface area contributed by atoms with E-state index in [2.05, 4.69) is 5.32 Å². The maximum atomic E-state index is 12.3. The molecule has 6 nitrogen and oxygen atoms in total. The number of amides is 2. The van der Waals surface area contributed by atoms with Crippen molar-refractivity contribution in [1.29, 1.82) is 0 Å². The van der Waals surface area contributed by atoms with E-state index in [-0.39, 0.29) is 24.4 Å². The van der Waals surface area contributed by atoms with Crippen LogP contribution in [0.5, 0.6) is 0 Å². The first-order valence-corrected chi connectivity index (χ1v) is 7.09. The number of nitrogens with one attached hydrogen (secondary N) is 1. The normalized spacial score (nSPS) is 17.7. The van der Waals surface area contributed by atoms with E-state index in [1.165, 1.54) is 0 Å². The van der Waals surface area contributed by atoms with Gasteiger partial charge in [0, 0.05) is 32.4 Å². The summed E-state index contributed by atoms with van der Waals surface area (Å²) in [6.07, 6.45) is 0. The topological polar surface area (TPSA) is 78.7 Å². The van der Waals surface area contributed by atoms with E-state index in [9.17, 15) is 9.59 Å². The van der Waals surface area contributed by atoms with E-state index < -0.39 is 0 Å². The summed E-state index contributed by atoms with van der Waals surface area (Å²) in [5.41, 5.74) is 7.29. The smallest absolute Gasteiger partial charge is 0.241 e. The van der Waals surface area contributed by atoms with Crippen LogP contribution in [-0.4, -0.2) is 54.3 Å². The Bertz CT molecular complexity index is 532. The third-order valence-electron chi connectivity index (χ3n) is 3.84. The summed E-state index contributed by atoms with van der Waals surface area (Å²) in [6, 6.07) is 7.13. The number of anilines is 1. The van der Waals surface area contributed by atoms with Crippen LogP contribution in [0.3, 0.4) is 0 Å². The lowest BCUT2D eigenvalue weighted by Crippen LogP contribution is -2.54. The second-order valence-corrected chi connectivity index (χ2v) is 5.36. The molecule has 1 aromatic carbocycles. The van der Waals surface area contributed by atoms with Crippen LogP contribution in [0.2, 0.25) is 0 Å². The largest absolute Gasteiger partial charge is 0.343 e. The van der Waals surface area contributed by atoms with Gasteiger partial charge >= 0.3 is 0 Å². The van der Waals surface area contributed by atoms with Crippen LogP contribution in [0.15, 0.2) is 24.3 Å². The van der Waals surface area contributed by atoms with Crippen molar-refractivity contribution in [3.63, 3.8) is 0 Å². The molecule has 1 unspecified atom stereocenters. The third kappa shape index (κ3) is 3.80. The molecule has 0 bridgehead atoms. The number of carbonyl (C=O) groups is 2. The first-order chi connectivity index (χ1) is 10.0. The number of benzene rings is 1. The second kappa shape index (κ2) is 6.69. The summed E-state index contributed by atoms with van der Waals surface area (Å²) in [6.45, 7) is 3.90. The summed E-state index contributed by atoms with van der Waals surface area (Å²) in [5, 5.41) is 2.88. The van der Waals surface area contributed by atoms with E-state index in [0.717, 1.165) is 11.3 Å². The van der Waals surface area contributed by atoms with E-state index in [4.69, 9.17) is 5.73 Å². The van der Waals surface area contributed by atoms with Gasteiger partial charge in [0.25, 0.3) is 0 Å². The number of carbonyl (C=O) groups excluding carboxylic acids is 2. The van der Waals surface area contributed by atoms with Gasteiger partial charge < -0.3 is 16.0 Å². The first kappa shape index (κ1) is 15.5. The molecular formula is C15H22N4O2. The summed E-state index contributed by atoms with van der Waals surface area (Å²) < 4.78 is 0. The van der Waals surface area contributed by atoms with Crippen LogP contribution in [0, 0.1) is 0 Å². The Morgan fingerprint density at radius 3 is 2.86 bits per heavy atom. The Labute approximate surface area is 124 Å². The van der Waals surface area contributed by atoms with Gasteiger partial charge in [-0.1, -0.05) is 12.1 Å². The van der Waals surface area contributed by atoms with Gasteiger partial charge in [-0.05, 0) is 24.6 Å². The average molecular weight is 290 g/mol. The van der Waals surface area contributed by atoms with E-state index >= 15 is 0 Å². The number of piperazine rings is 1. The van der Waals surface area contributed by atoms with Crippen LogP contribution >= 0.6 is 0 Å². The lowest BCUT2D eigenvalue weighted by Gasteiger charge is -2.35. The van der Waals surface area contributed by atoms with E-state index in [1.807, 2.05) is 36.1 Å². The molecule has 1 atom stereocenters. The molecule has 0 radical (unpaired) electrons. The van der Waals surface area contributed by atoms with Crippen molar-refractivity contribution in [2.75, 3.05) is 32.0 Å². The molecule has 21 heavy (non-hydrogen) atoms. The molecule has 1 heterocycles. The third-order valence-corrected chi connectivity index (χ3v) is 3.84. The molecule has 1 fully saturated rings. The maximum absolute atomic E-state index is 12.3. The zero-order valence-electron chi connectivity index (χ0n) is 12.5. The Balaban J connectivity index is 1.97. The molecule has 114 valence electrons. The molecule has 0 saturated carbocycles. The van der Waals surface area contributed by atoms with E-state index in [1.54, 1.807) is 11.9 Å². The minimum absolute atomic E-state index is 0.0472. The number of likely N-dealkylation sites (N-methyl/N-ethyl adjacent to an activating group) is 1. The van der Waals surface area contributed by atoms with Crippen molar-refractivity contribution in [2.24, 2.45) is 5.73 Å². The van der Waals surface area contributed by atoms with Crippen molar-refractivity contribution in [1.82, 2.24) is 9.80 Å². The Morgan fingerprint density at radius 2 is 2.19 bits per heavy atom. The Hall–Kier alpha value is -1.92. The van der Waals surface area contributed by atoms with Gasteiger partial charge in [-0.25, -0.2) is 0 Å². The number of hydrogen-bond acceptors (Lipinski definition) is 4. The fourth-order valence-electron chi connectivity index (χ4n) is 2.30. The zero-order chi connectivity index (χ0) is 15.4. The molecule has 1 aromatic rings. The second-order valence-electron chi connectivity index (χ2n) is 5.36. The zero-order valence-corrected chi connectivity index (χ0v) is 12.5. The molecule has 0 aromatic heterocycles. The highest BCUT2D eigenvalue weighted by molar-refractivity contribution is 5.95. The summed E-state index contributed by atoms with van der Waals surface area (Å²) in [7, 11) is 1.78. The van der Waals surface area contributed by atoms with Crippen LogP contribution in [-0.2, 0) is 16.1 Å². The monoisotopic (exact) mass is 290 g/mol. The van der Waals surface area contributed by atoms with Crippen molar-refractivity contribution in [2.45, 2.75) is 19.5 Å². The molecule has 0 aliphatic carbocycles. The highest BCUT2D eigenvalue weighted by Gasteiger charge is 2.28. The highest BCUT2D eigenvalue weighted by Crippen LogP contribution is 2.13. The molecule has 1 aliphatic heterocycles. The van der Waals surface area contributed by atoms with E-state index in [0.29, 0.717) is 19.6 Å². The lowest BCUT2D eigenvalue weighted by atomic mass is 10.1. The molecule has 2 amide bonds. The summed E-state index contributed by atoms with van der Waals surface area (Å²) in [4.78, 5) is 27.6. The predicted octanol–water partition coefficient (Wildman–Crippen LogP) is 0.246. The molecule has 1 aliphatic rings. The average Bonchev–Trinajstić information content (AvgIpc) is 2.49. The summed E-state index contributed by atoms with van der Waals surface area (Å²) in [5.74, 6) is -0.0625. The quantitative estimate of drug-likeness (QED) is 0.833.